The number of benzene rings is 2. The molecule has 0 heterocycles. The molecule has 0 radical (unpaired) electrons. The zero-order chi connectivity index (χ0) is 18.8. The lowest BCUT2D eigenvalue weighted by atomic mass is 10.0. The van der Waals surface area contributed by atoms with Crippen molar-refractivity contribution in [1.29, 1.82) is 0 Å². The van der Waals surface area contributed by atoms with Crippen molar-refractivity contribution in [2.24, 2.45) is 4.99 Å². The van der Waals surface area contributed by atoms with Gasteiger partial charge in [0.1, 0.15) is 12.3 Å². The molecule has 146 valence electrons. The minimum absolute atomic E-state index is 0. The lowest BCUT2D eigenvalue weighted by molar-refractivity contribution is -0.114. The molecule has 1 amide bonds. The highest BCUT2D eigenvalue weighted by Gasteiger charge is 2.07. The molecule has 7 heteroatoms. The maximum atomic E-state index is 12.0. The molecule has 0 spiro atoms. The van der Waals surface area contributed by atoms with E-state index in [1.54, 1.807) is 12.1 Å². The van der Waals surface area contributed by atoms with Gasteiger partial charge in [-0.3, -0.25) is 4.79 Å². The van der Waals surface area contributed by atoms with E-state index in [9.17, 15) is 9.90 Å². The largest absolute Gasteiger partial charge is 0.508 e. The van der Waals surface area contributed by atoms with Gasteiger partial charge in [-0.1, -0.05) is 37.3 Å². The number of rotatable bonds is 7. The first-order valence-electron chi connectivity index (χ1n) is 8.74. The van der Waals surface area contributed by atoms with Gasteiger partial charge in [0.05, 0.1) is 0 Å². The third-order valence-corrected chi connectivity index (χ3v) is 3.82. The number of phenols is 1. The minimum atomic E-state index is -0.219. The van der Waals surface area contributed by atoms with Gasteiger partial charge in [0.15, 0.2) is 5.96 Å². The van der Waals surface area contributed by atoms with Crippen LogP contribution in [0.15, 0.2) is 59.6 Å². The Bertz CT molecular complexity index is 721. The first kappa shape index (κ1) is 22.8. The predicted octanol–water partition coefficient (Wildman–Crippen LogP) is 3.31. The van der Waals surface area contributed by atoms with Crippen LogP contribution in [0.4, 0.5) is 5.69 Å². The number of nitrogens with zero attached hydrogens (tertiary/aromatic N) is 1. The molecule has 0 saturated heterocycles. The van der Waals surface area contributed by atoms with Crippen LogP contribution in [0.3, 0.4) is 0 Å². The topological polar surface area (TPSA) is 85.8 Å². The van der Waals surface area contributed by atoms with Crippen molar-refractivity contribution < 1.29 is 9.90 Å². The zero-order valence-corrected chi connectivity index (χ0v) is 17.9. The van der Waals surface area contributed by atoms with E-state index in [4.69, 9.17) is 0 Å². The van der Waals surface area contributed by atoms with Gasteiger partial charge < -0.3 is 21.1 Å². The van der Waals surface area contributed by atoms with Gasteiger partial charge in [-0.05, 0) is 42.7 Å². The lowest BCUT2D eigenvalue weighted by Crippen LogP contribution is -2.39. The molecule has 0 fully saturated rings. The van der Waals surface area contributed by atoms with E-state index in [1.807, 2.05) is 25.1 Å². The molecule has 0 aliphatic heterocycles. The fourth-order valence-electron chi connectivity index (χ4n) is 2.39. The van der Waals surface area contributed by atoms with Gasteiger partial charge in [-0.15, -0.1) is 24.0 Å². The van der Waals surface area contributed by atoms with Crippen LogP contribution in [0.2, 0.25) is 0 Å². The van der Waals surface area contributed by atoms with Crippen LogP contribution in [0.5, 0.6) is 5.75 Å². The van der Waals surface area contributed by atoms with E-state index in [0.29, 0.717) is 24.1 Å². The molecule has 2 aromatic rings. The van der Waals surface area contributed by atoms with Crippen molar-refractivity contribution >= 4 is 41.5 Å². The zero-order valence-electron chi connectivity index (χ0n) is 15.6. The molecule has 27 heavy (non-hydrogen) atoms. The molecule has 0 aliphatic rings. The third-order valence-electron chi connectivity index (χ3n) is 3.82. The summed E-state index contributed by atoms with van der Waals surface area (Å²) in [7, 11) is 0. The summed E-state index contributed by atoms with van der Waals surface area (Å²) in [6, 6.07) is 16.6. The van der Waals surface area contributed by atoms with E-state index in [-0.39, 0.29) is 42.2 Å². The number of phenolic OH excluding ortho intramolecular Hbond substituents is 1. The molecule has 6 nitrogen and oxygen atoms in total. The lowest BCUT2D eigenvalue weighted by Gasteiger charge is -2.16. The standard InChI is InChI=1S/C20H26N4O2.HI/c1-3-21-20(22-13-15(2)16-7-5-4-6-8-16)23-14-19(26)24-17-9-11-18(25)12-10-17;/h4-12,15,25H,3,13-14H2,1-2H3,(H,24,26)(H2,21,22,23);1H. The van der Waals surface area contributed by atoms with E-state index in [0.717, 1.165) is 6.54 Å². The average molecular weight is 482 g/mol. The van der Waals surface area contributed by atoms with Crippen LogP contribution in [-0.2, 0) is 4.79 Å². The monoisotopic (exact) mass is 482 g/mol. The van der Waals surface area contributed by atoms with Crippen molar-refractivity contribution in [3.63, 3.8) is 0 Å². The highest BCUT2D eigenvalue weighted by molar-refractivity contribution is 14.0. The number of halogens is 1. The number of aliphatic imine (C=N–C) groups is 1. The summed E-state index contributed by atoms with van der Waals surface area (Å²) in [5.41, 5.74) is 1.87. The molecule has 0 aromatic heterocycles. The quantitative estimate of drug-likeness (QED) is 0.211. The van der Waals surface area contributed by atoms with E-state index >= 15 is 0 Å². The summed E-state index contributed by atoms with van der Waals surface area (Å²) in [4.78, 5) is 16.4. The van der Waals surface area contributed by atoms with E-state index in [2.05, 4.69) is 40.0 Å². The smallest absolute Gasteiger partial charge is 0.246 e. The molecular formula is C20H27IN4O2. The molecule has 1 atom stereocenters. The van der Waals surface area contributed by atoms with Crippen LogP contribution in [-0.4, -0.2) is 36.6 Å². The number of aromatic hydroxyl groups is 1. The second-order valence-electron chi connectivity index (χ2n) is 5.98. The number of hydrogen-bond donors (Lipinski definition) is 4. The number of anilines is 1. The fraction of sp³-hybridized carbons (Fsp3) is 0.300. The van der Waals surface area contributed by atoms with Crippen molar-refractivity contribution in [3.8, 4) is 5.75 Å². The Morgan fingerprint density at radius 1 is 1.07 bits per heavy atom. The van der Waals surface area contributed by atoms with Crippen molar-refractivity contribution in [1.82, 2.24) is 10.6 Å². The Balaban J connectivity index is 0.00000364. The Labute approximate surface area is 177 Å². The molecule has 0 aliphatic carbocycles. The second-order valence-corrected chi connectivity index (χ2v) is 5.98. The van der Waals surface area contributed by atoms with Gasteiger partial charge >= 0.3 is 0 Å². The van der Waals surface area contributed by atoms with E-state index in [1.165, 1.54) is 17.7 Å². The number of amides is 1. The summed E-state index contributed by atoms with van der Waals surface area (Å²) >= 11 is 0. The van der Waals surface area contributed by atoms with Crippen molar-refractivity contribution in [3.05, 3.63) is 60.2 Å². The van der Waals surface area contributed by atoms with Crippen LogP contribution in [0, 0.1) is 0 Å². The van der Waals surface area contributed by atoms with Gasteiger partial charge in [-0.25, -0.2) is 4.99 Å². The number of carbonyl (C=O) groups is 1. The molecule has 0 bridgehead atoms. The summed E-state index contributed by atoms with van der Waals surface area (Å²) in [6.07, 6.45) is 0. The molecular weight excluding hydrogens is 455 g/mol. The Morgan fingerprint density at radius 2 is 1.74 bits per heavy atom. The Hall–Kier alpha value is -2.29. The van der Waals surface area contributed by atoms with Gasteiger partial charge in [0.2, 0.25) is 5.91 Å². The second kappa shape index (κ2) is 12.2. The fourth-order valence-corrected chi connectivity index (χ4v) is 2.39. The summed E-state index contributed by atoms with van der Waals surface area (Å²) in [5, 5.41) is 18.4. The van der Waals surface area contributed by atoms with Crippen molar-refractivity contribution in [2.45, 2.75) is 19.8 Å². The molecule has 2 aromatic carbocycles. The third kappa shape index (κ3) is 8.29. The van der Waals surface area contributed by atoms with Crippen molar-refractivity contribution in [2.75, 3.05) is 25.0 Å². The van der Waals surface area contributed by atoms with Gasteiger partial charge in [0, 0.05) is 18.8 Å². The Kier molecular flexibility index (Phi) is 10.2. The molecule has 1 unspecified atom stereocenters. The first-order chi connectivity index (χ1) is 12.6. The highest BCUT2D eigenvalue weighted by Crippen LogP contribution is 2.14. The van der Waals surface area contributed by atoms with Crippen LogP contribution in [0.1, 0.15) is 25.3 Å². The van der Waals surface area contributed by atoms with Gasteiger partial charge in [-0.2, -0.15) is 0 Å². The van der Waals surface area contributed by atoms with Crippen LogP contribution in [0.25, 0.3) is 0 Å². The number of carbonyl (C=O) groups excluding carboxylic acids is 1. The average Bonchev–Trinajstić information content (AvgIpc) is 2.66. The summed E-state index contributed by atoms with van der Waals surface area (Å²) in [5.74, 6) is 0.873. The van der Waals surface area contributed by atoms with Crippen LogP contribution >= 0.6 is 24.0 Å². The summed E-state index contributed by atoms with van der Waals surface area (Å²) < 4.78 is 0. The number of hydrogen-bond acceptors (Lipinski definition) is 3. The maximum absolute atomic E-state index is 12.0. The van der Waals surface area contributed by atoms with E-state index < -0.39 is 0 Å². The Morgan fingerprint density at radius 3 is 2.37 bits per heavy atom. The number of guanidine groups is 1. The summed E-state index contributed by atoms with van der Waals surface area (Å²) in [6.45, 7) is 5.56. The normalized spacial score (nSPS) is 11.9. The maximum Gasteiger partial charge on any atom is 0.246 e. The van der Waals surface area contributed by atoms with Crippen LogP contribution < -0.4 is 16.0 Å². The molecule has 4 N–H and O–H groups in total. The van der Waals surface area contributed by atoms with Gasteiger partial charge in [0.25, 0.3) is 0 Å². The molecule has 2 rings (SSSR count). The SMILES string of the molecule is CCNC(=NCC(=O)Nc1ccc(O)cc1)NCC(C)c1ccccc1.I. The minimum Gasteiger partial charge on any atom is -0.508 e. The highest BCUT2D eigenvalue weighted by atomic mass is 127. The molecule has 0 saturated carbocycles. The number of nitrogens with one attached hydrogen (secondary N) is 3. The first-order valence-corrected chi connectivity index (χ1v) is 8.74. The predicted molar refractivity (Wildman–Crippen MR) is 121 cm³/mol.